The molecule has 0 aliphatic rings. The molecule has 0 heterocycles. The summed E-state index contributed by atoms with van der Waals surface area (Å²) in [5.41, 5.74) is 5.33. The Morgan fingerprint density at radius 1 is 1.36 bits per heavy atom. The zero-order valence-electron chi connectivity index (χ0n) is 8.99. The molecule has 0 spiro atoms. The van der Waals surface area contributed by atoms with E-state index >= 15 is 0 Å². The van der Waals surface area contributed by atoms with Gasteiger partial charge in [-0.15, -0.1) is 0 Å². The summed E-state index contributed by atoms with van der Waals surface area (Å²) in [4.78, 5) is 0. The van der Waals surface area contributed by atoms with Gasteiger partial charge in [0.25, 0.3) is 10.2 Å². The third-order valence-electron chi connectivity index (χ3n) is 1.84. The van der Waals surface area contributed by atoms with Gasteiger partial charge in [0.15, 0.2) is 0 Å². The van der Waals surface area contributed by atoms with E-state index in [1.54, 1.807) is 0 Å². The predicted octanol–water partition coefficient (Wildman–Crippen LogP) is -0.0985. The van der Waals surface area contributed by atoms with Crippen LogP contribution in [0.2, 0.25) is 0 Å². The van der Waals surface area contributed by atoms with Crippen molar-refractivity contribution < 1.29 is 8.42 Å². The molecule has 5 nitrogen and oxygen atoms in total. The lowest BCUT2D eigenvalue weighted by molar-refractivity contribution is 0.414. The molecule has 0 rings (SSSR count). The molecule has 0 aromatic heterocycles. The molecule has 0 aromatic carbocycles. The van der Waals surface area contributed by atoms with Gasteiger partial charge in [-0.1, -0.05) is 13.8 Å². The zero-order chi connectivity index (χ0) is 11.0. The molecular weight excluding hydrogens is 202 g/mol. The fourth-order valence-electron chi connectivity index (χ4n) is 1.04. The maximum atomic E-state index is 11.6. The smallest absolute Gasteiger partial charge is 0.279 e. The summed E-state index contributed by atoms with van der Waals surface area (Å²) in [7, 11) is -3.28. The van der Waals surface area contributed by atoms with Gasteiger partial charge in [0.1, 0.15) is 0 Å². The van der Waals surface area contributed by atoms with E-state index in [0.717, 1.165) is 6.42 Å². The third kappa shape index (κ3) is 4.90. The molecule has 0 amide bonds. The second-order valence-electron chi connectivity index (χ2n) is 3.03. The van der Waals surface area contributed by atoms with E-state index in [1.165, 1.54) is 4.31 Å². The van der Waals surface area contributed by atoms with Gasteiger partial charge < -0.3 is 5.73 Å². The lowest BCUT2D eigenvalue weighted by Crippen LogP contribution is -2.41. The first-order valence-corrected chi connectivity index (χ1v) is 6.47. The zero-order valence-corrected chi connectivity index (χ0v) is 9.81. The van der Waals surface area contributed by atoms with Crippen LogP contribution in [0, 0.1) is 0 Å². The largest absolute Gasteiger partial charge is 0.330 e. The van der Waals surface area contributed by atoms with E-state index in [2.05, 4.69) is 4.72 Å². The van der Waals surface area contributed by atoms with Crippen molar-refractivity contribution in [1.82, 2.24) is 9.03 Å². The quantitative estimate of drug-likeness (QED) is 0.603. The topological polar surface area (TPSA) is 75.4 Å². The first-order chi connectivity index (χ1) is 6.58. The van der Waals surface area contributed by atoms with E-state index in [0.29, 0.717) is 32.6 Å². The highest BCUT2D eigenvalue weighted by atomic mass is 32.2. The Morgan fingerprint density at radius 2 is 2.00 bits per heavy atom. The predicted molar refractivity (Wildman–Crippen MR) is 58.1 cm³/mol. The number of hydrogen-bond donors (Lipinski definition) is 2. The highest BCUT2D eigenvalue weighted by Gasteiger charge is 2.17. The van der Waals surface area contributed by atoms with E-state index in [-0.39, 0.29) is 0 Å². The van der Waals surface area contributed by atoms with E-state index < -0.39 is 10.2 Å². The van der Waals surface area contributed by atoms with Crippen LogP contribution in [0.4, 0.5) is 0 Å². The highest BCUT2D eigenvalue weighted by molar-refractivity contribution is 7.87. The monoisotopic (exact) mass is 223 g/mol. The molecule has 0 radical (unpaired) electrons. The molecule has 86 valence electrons. The minimum atomic E-state index is -3.28. The van der Waals surface area contributed by atoms with Crippen LogP contribution in [0.5, 0.6) is 0 Å². The molecule has 0 fully saturated rings. The second kappa shape index (κ2) is 7.17. The van der Waals surface area contributed by atoms with E-state index in [4.69, 9.17) is 5.73 Å². The summed E-state index contributed by atoms with van der Waals surface area (Å²) in [5, 5.41) is 0. The van der Waals surface area contributed by atoms with Gasteiger partial charge in [0.2, 0.25) is 0 Å². The van der Waals surface area contributed by atoms with Gasteiger partial charge in [-0.05, 0) is 19.4 Å². The summed E-state index contributed by atoms with van der Waals surface area (Å²) < 4.78 is 27.1. The summed E-state index contributed by atoms with van der Waals surface area (Å²) in [5.74, 6) is 0. The SMILES string of the molecule is CCCNS(=O)(=O)N(CC)CCCN. The number of nitrogens with zero attached hydrogens (tertiary/aromatic N) is 1. The fourth-order valence-corrected chi connectivity index (χ4v) is 2.39. The third-order valence-corrected chi connectivity index (χ3v) is 3.53. The van der Waals surface area contributed by atoms with Crippen molar-refractivity contribution in [2.75, 3.05) is 26.2 Å². The van der Waals surface area contributed by atoms with Crippen LogP contribution in [0.1, 0.15) is 26.7 Å². The maximum Gasteiger partial charge on any atom is 0.279 e. The Hall–Kier alpha value is -0.170. The molecule has 0 aliphatic heterocycles. The van der Waals surface area contributed by atoms with Gasteiger partial charge in [-0.2, -0.15) is 12.7 Å². The number of nitrogens with two attached hydrogens (primary N) is 1. The standard InChI is InChI=1S/C8H21N3O2S/c1-3-7-10-14(12,13)11(4-2)8-5-6-9/h10H,3-9H2,1-2H3. The van der Waals surface area contributed by atoms with Crippen LogP contribution in [-0.4, -0.2) is 38.9 Å². The average molecular weight is 223 g/mol. The summed E-state index contributed by atoms with van der Waals surface area (Å²) in [6.45, 7) is 5.73. The fraction of sp³-hybridized carbons (Fsp3) is 1.00. The minimum absolute atomic E-state index is 0.485. The average Bonchev–Trinajstić information content (AvgIpc) is 2.16. The lowest BCUT2D eigenvalue weighted by atomic mass is 10.4. The van der Waals surface area contributed by atoms with Crippen molar-refractivity contribution in [1.29, 1.82) is 0 Å². The molecular formula is C8H21N3O2S. The summed E-state index contributed by atoms with van der Waals surface area (Å²) >= 11 is 0. The molecule has 0 saturated heterocycles. The maximum absolute atomic E-state index is 11.6. The molecule has 0 unspecified atom stereocenters. The van der Waals surface area contributed by atoms with Crippen LogP contribution >= 0.6 is 0 Å². The van der Waals surface area contributed by atoms with E-state index in [1.807, 2.05) is 13.8 Å². The Labute approximate surface area is 86.8 Å². The normalized spacial score (nSPS) is 12.3. The van der Waals surface area contributed by atoms with Gasteiger partial charge in [-0.3, -0.25) is 0 Å². The van der Waals surface area contributed by atoms with Crippen molar-refractivity contribution in [3.8, 4) is 0 Å². The molecule has 0 aromatic rings. The van der Waals surface area contributed by atoms with Crippen molar-refractivity contribution in [2.24, 2.45) is 5.73 Å². The van der Waals surface area contributed by atoms with Gasteiger partial charge in [-0.25, -0.2) is 4.72 Å². The lowest BCUT2D eigenvalue weighted by Gasteiger charge is -2.20. The molecule has 3 N–H and O–H groups in total. The van der Waals surface area contributed by atoms with Crippen LogP contribution in [-0.2, 0) is 10.2 Å². The molecule has 0 aliphatic carbocycles. The Morgan fingerprint density at radius 3 is 2.43 bits per heavy atom. The summed E-state index contributed by atoms with van der Waals surface area (Å²) in [6.07, 6.45) is 1.49. The van der Waals surface area contributed by atoms with Gasteiger partial charge in [0.05, 0.1) is 0 Å². The first-order valence-electron chi connectivity index (χ1n) is 5.03. The number of hydrogen-bond acceptors (Lipinski definition) is 3. The number of nitrogens with one attached hydrogen (secondary N) is 1. The second-order valence-corrected chi connectivity index (χ2v) is 4.79. The van der Waals surface area contributed by atoms with Crippen molar-refractivity contribution in [3.63, 3.8) is 0 Å². The Kier molecular flexibility index (Phi) is 7.08. The van der Waals surface area contributed by atoms with Crippen LogP contribution < -0.4 is 10.5 Å². The van der Waals surface area contributed by atoms with Gasteiger partial charge in [0, 0.05) is 19.6 Å². The molecule has 0 bridgehead atoms. The van der Waals surface area contributed by atoms with Gasteiger partial charge >= 0.3 is 0 Å². The molecule has 14 heavy (non-hydrogen) atoms. The van der Waals surface area contributed by atoms with Crippen molar-refractivity contribution in [2.45, 2.75) is 26.7 Å². The van der Waals surface area contributed by atoms with Crippen LogP contribution in [0.3, 0.4) is 0 Å². The van der Waals surface area contributed by atoms with E-state index in [9.17, 15) is 8.42 Å². The molecule has 6 heteroatoms. The molecule has 0 saturated carbocycles. The van der Waals surface area contributed by atoms with Crippen LogP contribution in [0.25, 0.3) is 0 Å². The minimum Gasteiger partial charge on any atom is -0.330 e. The Bertz CT molecular complexity index is 229. The first kappa shape index (κ1) is 13.8. The molecule has 0 atom stereocenters. The van der Waals surface area contributed by atoms with Crippen molar-refractivity contribution >= 4 is 10.2 Å². The van der Waals surface area contributed by atoms with Crippen molar-refractivity contribution in [3.05, 3.63) is 0 Å². The number of rotatable bonds is 8. The summed E-state index contributed by atoms with van der Waals surface area (Å²) in [6, 6.07) is 0. The Balaban J connectivity index is 4.19. The highest BCUT2D eigenvalue weighted by Crippen LogP contribution is 1.98. The van der Waals surface area contributed by atoms with Crippen LogP contribution in [0.15, 0.2) is 0 Å².